The summed E-state index contributed by atoms with van der Waals surface area (Å²) in [7, 11) is 0.458. The molecule has 1 aromatic carbocycles. The second-order valence-corrected chi connectivity index (χ2v) is 11.1. The Morgan fingerprint density at radius 3 is 2.77 bits per heavy atom. The summed E-state index contributed by atoms with van der Waals surface area (Å²) in [4.78, 5) is 15.6. The molecule has 0 saturated carbocycles. The molecule has 0 aliphatic heterocycles. The highest BCUT2D eigenvalue weighted by molar-refractivity contribution is 7.93. The monoisotopic (exact) mass is 509 g/mol. The van der Waals surface area contributed by atoms with Gasteiger partial charge in [-0.1, -0.05) is 23.3 Å². The zero-order valence-electron chi connectivity index (χ0n) is 19.6. The van der Waals surface area contributed by atoms with Crippen molar-refractivity contribution in [1.82, 2.24) is 24.6 Å². The predicted molar refractivity (Wildman–Crippen MR) is 142 cm³/mol. The summed E-state index contributed by atoms with van der Waals surface area (Å²) >= 11 is 1.42. The quantitative estimate of drug-likeness (QED) is 0.280. The summed E-state index contributed by atoms with van der Waals surface area (Å²) in [5.41, 5.74) is 3.06. The van der Waals surface area contributed by atoms with E-state index in [4.69, 9.17) is 6.42 Å². The van der Waals surface area contributed by atoms with Crippen LogP contribution in [0.1, 0.15) is 24.8 Å². The Balaban J connectivity index is 1.44. The molecule has 2 aromatic heterocycles. The van der Waals surface area contributed by atoms with Crippen LogP contribution in [0.25, 0.3) is 10.3 Å². The molecule has 35 heavy (non-hydrogen) atoms. The van der Waals surface area contributed by atoms with Gasteiger partial charge in [-0.3, -0.25) is 0 Å². The minimum absolute atomic E-state index is 0.392. The van der Waals surface area contributed by atoms with Gasteiger partial charge < -0.3 is 15.5 Å². The van der Waals surface area contributed by atoms with E-state index in [1.54, 1.807) is 12.2 Å². The van der Waals surface area contributed by atoms with E-state index in [1.165, 1.54) is 17.7 Å². The highest BCUT2D eigenvalue weighted by Gasteiger charge is 2.20. The average molecular weight is 510 g/mol. The Hall–Kier alpha value is -3.30. The molecule has 9 nitrogen and oxygen atoms in total. The molecule has 4 rings (SSSR count). The van der Waals surface area contributed by atoms with E-state index in [0.717, 1.165) is 34.6 Å². The Labute approximate surface area is 209 Å². The van der Waals surface area contributed by atoms with Crippen LogP contribution >= 0.6 is 11.3 Å². The Bertz CT molecular complexity index is 1420. The second-order valence-electron chi connectivity index (χ2n) is 8.25. The maximum absolute atomic E-state index is 12.6. The van der Waals surface area contributed by atoms with Crippen molar-refractivity contribution in [3.05, 3.63) is 58.9 Å². The van der Waals surface area contributed by atoms with Crippen LogP contribution in [-0.2, 0) is 10.0 Å². The lowest BCUT2D eigenvalue weighted by molar-refractivity contribution is 0.400. The first-order valence-electron chi connectivity index (χ1n) is 11.1. The Morgan fingerprint density at radius 2 is 2.03 bits per heavy atom. The van der Waals surface area contributed by atoms with Crippen LogP contribution in [-0.4, -0.2) is 55.5 Å². The van der Waals surface area contributed by atoms with Crippen LogP contribution in [0.3, 0.4) is 0 Å². The minimum atomic E-state index is -3.47. The van der Waals surface area contributed by atoms with Crippen LogP contribution in [0.2, 0.25) is 0 Å². The maximum atomic E-state index is 12.6. The molecule has 0 fully saturated rings. The summed E-state index contributed by atoms with van der Waals surface area (Å²) in [5, 5.41) is 7.24. The number of nitrogens with one attached hydrogen (secondary N) is 3. The van der Waals surface area contributed by atoms with Crippen molar-refractivity contribution in [2.45, 2.75) is 19.3 Å². The Morgan fingerprint density at radius 1 is 1.17 bits per heavy atom. The van der Waals surface area contributed by atoms with Gasteiger partial charge in [0.05, 0.1) is 4.91 Å². The Kier molecular flexibility index (Phi) is 7.77. The molecule has 0 spiro atoms. The second kappa shape index (κ2) is 11.0. The molecule has 2 heterocycles. The summed E-state index contributed by atoms with van der Waals surface area (Å²) in [6, 6.07) is 7.53. The predicted octanol–water partition coefficient (Wildman–Crippen LogP) is 3.66. The molecular weight excluding hydrogens is 482 g/mol. The molecule has 0 bridgehead atoms. The number of hydrogen-bond acceptors (Lipinski definition) is 9. The molecule has 3 aromatic rings. The number of thiazole rings is 1. The average Bonchev–Trinajstić information content (AvgIpc) is 3.26. The van der Waals surface area contributed by atoms with E-state index in [9.17, 15) is 8.42 Å². The fourth-order valence-electron chi connectivity index (χ4n) is 3.50. The van der Waals surface area contributed by atoms with Gasteiger partial charge in [0, 0.05) is 23.5 Å². The van der Waals surface area contributed by atoms with Gasteiger partial charge in [0.15, 0.2) is 16.6 Å². The number of anilines is 3. The standard InChI is InChI=1S/C24H27N7O2S2/c1-4-17-7-5-8-19(15-17)28-22-21-23(26-16-25-22)30-24(34-21)29-18-9-11-20(12-10-18)35(32,33)27-13-6-14-31(2)3/h1,5,7-9,11,15-16,27H,6,10,12-14H2,2-3H3,(H2,25,26,28,29,30). The van der Waals surface area contributed by atoms with Crippen molar-refractivity contribution < 1.29 is 8.42 Å². The normalized spacial score (nSPS) is 13.9. The lowest BCUT2D eigenvalue weighted by Gasteiger charge is -2.16. The number of nitrogens with zero attached hydrogens (tertiary/aromatic N) is 4. The first kappa shape index (κ1) is 24.8. The molecule has 0 atom stereocenters. The number of allylic oxidation sites excluding steroid dienone is 4. The topological polar surface area (TPSA) is 112 Å². The van der Waals surface area contributed by atoms with Gasteiger partial charge in [0.2, 0.25) is 10.0 Å². The highest BCUT2D eigenvalue weighted by atomic mass is 32.2. The van der Waals surface area contributed by atoms with Crippen molar-refractivity contribution in [1.29, 1.82) is 0 Å². The molecular formula is C24H27N7O2S2. The summed E-state index contributed by atoms with van der Waals surface area (Å²) in [6.07, 6.45) is 12.1. The van der Waals surface area contributed by atoms with E-state index in [2.05, 4.69) is 36.2 Å². The van der Waals surface area contributed by atoms with Gasteiger partial charge in [-0.05, 0) is 70.3 Å². The van der Waals surface area contributed by atoms with Crippen molar-refractivity contribution in [2.24, 2.45) is 0 Å². The van der Waals surface area contributed by atoms with Gasteiger partial charge >= 0.3 is 0 Å². The van der Waals surface area contributed by atoms with Gasteiger partial charge in [0.25, 0.3) is 0 Å². The number of benzene rings is 1. The molecule has 1 aliphatic carbocycles. The van der Waals surface area contributed by atoms with Crippen molar-refractivity contribution >= 4 is 48.3 Å². The largest absolute Gasteiger partial charge is 0.339 e. The molecule has 0 radical (unpaired) electrons. The summed E-state index contributed by atoms with van der Waals surface area (Å²) in [6.45, 7) is 1.25. The van der Waals surface area contributed by atoms with E-state index >= 15 is 0 Å². The summed E-state index contributed by atoms with van der Waals surface area (Å²) < 4.78 is 28.6. The smallest absolute Gasteiger partial charge is 0.236 e. The van der Waals surface area contributed by atoms with Crippen LogP contribution < -0.4 is 15.4 Å². The van der Waals surface area contributed by atoms with Gasteiger partial charge in [-0.25, -0.2) is 23.1 Å². The van der Waals surface area contributed by atoms with Crippen molar-refractivity contribution in [3.63, 3.8) is 0 Å². The first-order valence-corrected chi connectivity index (χ1v) is 13.4. The van der Waals surface area contributed by atoms with Gasteiger partial charge in [0.1, 0.15) is 11.0 Å². The third kappa shape index (κ3) is 6.43. The van der Waals surface area contributed by atoms with Crippen LogP contribution in [0.4, 0.5) is 16.6 Å². The van der Waals surface area contributed by atoms with Crippen molar-refractivity contribution in [2.75, 3.05) is 37.8 Å². The van der Waals surface area contributed by atoms with Crippen LogP contribution in [0, 0.1) is 12.3 Å². The lowest BCUT2D eigenvalue weighted by Crippen LogP contribution is -2.28. The third-order valence-electron chi connectivity index (χ3n) is 5.28. The number of sulfonamides is 1. The van der Waals surface area contributed by atoms with Crippen LogP contribution in [0.5, 0.6) is 0 Å². The number of hydrogen-bond donors (Lipinski definition) is 3. The molecule has 3 N–H and O–H groups in total. The molecule has 182 valence electrons. The fraction of sp³-hybridized carbons (Fsp3) is 0.292. The van der Waals surface area contributed by atoms with Crippen molar-refractivity contribution in [3.8, 4) is 12.3 Å². The van der Waals surface area contributed by atoms with E-state index in [0.29, 0.717) is 40.9 Å². The summed E-state index contributed by atoms with van der Waals surface area (Å²) in [5.74, 6) is 3.26. The molecule has 0 amide bonds. The number of terminal acetylenes is 1. The lowest BCUT2D eigenvalue weighted by atomic mass is 10.1. The SMILES string of the molecule is C#Cc1cccc(Nc2ncnc3nc(NC4=CC=C(S(=O)(=O)NCCCN(C)C)CC4)sc23)c1. The third-order valence-corrected chi connectivity index (χ3v) is 7.86. The number of fused-ring (bicyclic) bond motifs is 1. The van der Waals surface area contributed by atoms with E-state index < -0.39 is 10.0 Å². The number of rotatable bonds is 10. The molecule has 11 heteroatoms. The zero-order valence-corrected chi connectivity index (χ0v) is 21.2. The fourth-order valence-corrected chi connectivity index (χ4v) is 5.61. The number of aromatic nitrogens is 3. The first-order chi connectivity index (χ1) is 16.8. The van der Waals surface area contributed by atoms with E-state index in [-0.39, 0.29) is 0 Å². The van der Waals surface area contributed by atoms with Gasteiger partial charge in [-0.15, -0.1) is 6.42 Å². The van der Waals surface area contributed by atoms with E-state index in [1.807, 2.05) is 43.3 Å². The molecule has 0 saturated heterocycles. The highest BCUT2D eigenvalue weighted by Crippen LogP contribution is 2.33. The van der Waals surface area contributed by atoms with Gasteiger partial charge in [-0.2, -0.15) is 4.98 Å². The zero-order chi connectivity index (χ0) is 24.8. The molecule has 1 aliphatic rings. The minimum Gasteiger partial charge on any atom is -0.339 e. The van der Waals surface area contributed by atoms with Crippen LogP contribution in [0.15, 0.2) is 53.3 Å². The maximum Gasteiger partial charge on any atom is 0.236 e. The molecule has 0 unspecified atom stereocenters.